The maximum atomic E-state index is 14.9. The van der Waals surface area contributed by atoms with Gasteiger partial charge in [0.05, 0.1) is 18.1 Å². The standard InChI is InChI=1S/C34H56N2O6/c1-10-12-17-21-41-30(40)26-25-28(38)35(19-15-13-14-16-20-37)27(34(25)22-24(3)33(26,9)42-34)29(39)36(18-11-2)32(7,8)23-31(4,5)6/h10-11,24-27,37H,1-2,12-23H2,3-9H3/t24?,25-,26+,27?,33-,34?/m0/s1. The molecule has 0 aliphatic carbocycles. The van der Waals surface area contributed by atoms with Gasteiger partial charge in [-0.25, -0.2) is 0 Å². The fraction of sp³-hybridized carbons (Fsp3) is 0.794. The molecule has 3 unspecified atom stereocenters. The van der Waals surface area contributed by atoms with Crippen molar-refractivity contribution in [2.24, 2.45) is 23.2 Å². The van der Waals surface area contributed by atoms with Crippen LogP contribution in [0.5, 0.6) is 0 Å². The van der Waals surface area contributed by atoms with E-state index in [0.717, 1.165) is 25.7 Å². The number of hydrogen-bond donors (Lipinski definition) is 1. The molecule has 3 heterocycles. The predicted molar refractivity (Wildman–Crippen MR) is 164 cm³/mol. The van der Waals surface area contributed by atoms with Crippen molar-refractivity contribution in [2.75, 3.05) is 26.3 Å². The maximum absolute atomic E-state index is 14.9. The summed E-state index contributed by atoms with van der Waals surface area (Å²) >= 11 is 0. The normalized spacial score (nSPS) is 30.4. The van der Waals surface area contributed by atoms with Crippen LogP contribution in [0, 0.1) is 23.2 Å². The number of nitrogens with zero attached hydrogens (tertiary/aromatic N) is 2. The van der Waals surface area contributed by atoms with E-state index >= 15 is 0 Å². The van der Waals surface area contributed by atoms with E-state index in [-0.39, 0.29) is 36.4 Å². The zero-order valence-electron chi connectivity index (χ0n) is 27.2. The molecule has 3 rings (SSSR count). The molecule has 42 heavy (non-hydrogen) atoms. The van der Waals surface area contributed by atoms with Crippen molar-refractivity contribution in [3.05, 3.63) is 25.3 Å². The Kier molecular flexibility index (Phi) is 10.8. The zero-order chi connectivity index (χ0) is 31.5. The van der Waals surface area contributed by atoms with Gasteiger partial charge in [0.15, 0.2) is 0 Å². The average Bonchev–Trinajstić information content (AvgIpc) is 3.39. The van der Waals surface area contributed by atoms with Crippen molar-refractivity contribution in [2.45, 2.75) is 123 Å². The summed E-state index contributed by atoms with van der Waals surface area (Å²) in [5.41, 5.74) is -2.54. The summed E-state index contributed by atoms with van der Waals surface area (Å²) in [5.74, 6) is -2.34. The molecule has 3 saturated heterocycles. The van der Waals surface area contributed by atoms with Gasteiger partial charge in [0, 0.05) is 25.2 Å². The lowest BCUT2D eigenvalue weighted by molar-refractivity contribution is -0.163. The Balaban J connectivity index is 2.05. The predicted octanol–water partition coefficient (Wildman–Crippen LogP) is 5.29. The van der Waals surface area contributed by atoms with Gasteiger partial charge in [0.1, 0.15) is 17.6 Å². The molecule has 3 aliphatic heterocycles. The highest BCUT2D eigenvalue weighted by Gasteiger charge is 2.80. The Morgan fingerprint density at radius 3 is 2.38 bits per heavy atom. The summed E-state index contributed by atoms with van der Waals surface area (Å²) < 4.78 is 12.6. The highest BCUT2D eigenvalue weighted by atomic mass is 16.6. The first-order chi connectivity index (χ1) is 19.6. The molecule has 0 aromatic rings. The summed E-state index contributed by atoms with van der Waals surface area (Å²) in [5, 5.41) is 9.22. The van der Waals surface area contributed by atoms with Crippen LogP contribution in [0.2, 0.25) is 0 Å². The molecule has 0 aromatic carbocycles. The van der Waals surface area contributed by atoms with Crippen molar-refractivity contribution in [3.8, 4) is 0 Å². The third-order valence-electron chi connectivity index (χ3n) is 9.68. The highest BCUT2D eigenvalue weighted by Crippen LogP contribution is 2.65. The zero-order valence-corrected chi connectivity index (χ0v) is 27.2. The molecule has 2 amide bonds. The second kappa shape index (κ2) is 13.2. The number of allylic oxidation sites excluding steroid dienone is 1. The first-order valence-corrected chi connectivity index (χ1v) is 15.9. The van der Waals surface area contributed by atoms with E-state index in [4.69, 9.17) is 9.47 Å². The summed E-state index contributed by atoms with van der Waals surface area (Å²) in [6, 6.07) is -0.838. The van der Waals surface area contributed by atoms with Crippen LogP contribution in [0.1, 0.15) is 99.8 Å². The van der Waals surface area contributed by atoms with Gasteiger partial charge in [0.25, 0.3) is 0 Å². The molecule has 8 nitrogen and oxygen atoms in total. The van der Waals surface area contributed by atoms with Crippen molar-refractivity contribution in [1.82, 2.24) is 9.80 Å². The topological polar surface area (TPSA) is 96.4 Å². The van der Waals surface area contributed by atoms with E-state index in [1.807, 2.05) is 11.8 Å². The third-order valence-corrected chi connectivity index (χ3v) is 9.68. The molecule has 1 spiro atoms. The molecule has 3 aliphatic rings. The molecule has 2 bridgehead atoms. The van der Waals surface area contributed by atoms with Crippen molar-refractivity contribution < 1.29 is 29.0 Å². The molecular formula is C34H56N2O6. The number of aliphatic hydroxyl groups excluding tert-OH is 1. The van der Waals surface area contributed by atoms with Crippen LogP contribution in [0.15, 0.2) is 25.3 Å². The molecule has 0 saturated carbocycles. The minimum absolute atomic E-state index is 0.0351. The Hall–Kier alpha value is -2.19. The number of rotatable bonds is 16. The number of unbranched alkanes of at least 4 members (excludes halogenated alkanes) is 4. The van der Waals surface area contributed by atoms with E-state index in [1.165, 1.54) is 0 Å². The quantitative estimate of drug-likeness (QED) is 0.150. The molecule has 238 valence electrons. The van der Waals surface area contributed by atoms with Crippen LogP contribution in [-0.2, 0) is 23.9 Å². The second-order valence-electron chi connectivity index (χ2n) is 14.8. The van der Waals surface area contributed by atoms with E-state index in [9.17, 15) is 19.5 Å². The summed E-state index contributed by atoms with van der Waals surface area (Å²) in [6.07, 6.45) is 9.30. The molecule has 3 fully saturated rings. The van der Waals surface area contributed by atoms with Gasteiger partial charge in [0.2, 0.25) is 11.8 Å². The van der Waals surface area contributed by atoms with Crippen molar-refractivity contribution in [1.29, 1.82) is 0 Å². The molecule has 6 atom stereocenters. The lowest BCUT2D eigenvalue weighted by Gasteiger charge is -2.45. The molecule has 8 heteroatoms. The first-order valence-electron chi connectivity index (χ1n) is 15.9. The van der Waals surface area contributed by atoms with E-state index in [2.05, 4.69) is 54.7 Å². The Morgan fingerprint density at radius 2 is 1.79 bits per heavy atom. The third kappa shape index (κ3) is 6.50. The lowest BCUT2D eigenvalue weighted by atomic mass is 9.62. The monoisotopic (exact) mass is 588 g/mol. The van der Waals surface area contributed by atoms with Crippen LogP contribution in [-0.4, -0.2) is 81.8 Å². The number of hydrogen-bond acceptors (Lipinski definition) is 6. The van der Waals surface area contributed by atoms with Crippen LogP contribution < -0.4 is 0 Å². The van der Waals surface area contributed by atoms with Crippen molar-refractivity contribution in [3.63, 3.8) is 0 Å². The fourth-order valence-electron chi connectivity index (χ4n) is 8.16. The number of esters is 1. The van der Waals surface area contributed by atoms with Crippen LogP contribution in [0.4, 0.5) is 0 Å². The van der Waals surface area contributed by atoms with E-state index in [1.54, 1.807) is 17.1 Å². The Labute approximate surface area is 253 Å². The number of fused-ring (bicyclic) bond motifs is 1. The molecular weight excluding hydrogens is 532 g/mol. The van der Waals surface area contributed by atoms with Gasteiger partial charge >= 0.3 is 5.97 Å². The van der Waals surface area contributed by atoms with Gasteiger partial charge < -0.3 is 24.4 Å². The Morgan fingerprint density at radius 1 is 1.12 bits per heavy atom. The largest absolute Gasteiger partial charge is 0.465 e. The summed E-state index contributed by atoms with van der Waals surface area (Å²) in [4.78, 5) is 46.5. The van der Waals surface area contributed by atoms with Gasteiger partial charge in [-0.15, -0.1) is 13.2 Å². The van der Waals surface area contributed by atoms with Crippen LogP contribution in [0.3, 0.4) is 0 Å². The number of ether oxygens (including phenoxy) is 2. The van der Waals surface area contributed by atoms with Gasteiger partial charge in [-0.2, -0.15) is 0 Å². The van der Waals surface area contributed by atoms with E-state index in [0.29, 0.717) is 38.8 Å². The number of amides is 2. The average molecular weight is 589 g/mol. The smallest absolute Gasteiger partial charge is 0.312 e. The molecule has 0 radical (unpaired) electrons. The van der Waals surface area contributed by atoms with Gasteiger partial charge in [-0.1, -0.05) is 52.7 Å². The summed E-state index contributed by atoms with van der Waals surface area (Å²) in [6.45, 7) is 23.4. The fourth-order valence-corrected chi connectivity index (χ4v) is 8.16. The van der Waals surface area contributed by atoms with E-state index < -0.39 is 40.6 Å². The number of carbonyl (C=O) groups excluding carboxylic acids is 3. The number of carbonyl (C=O) groups is 3. The summed E-state index contributed by atoms with van der Waals surface area (Å²) in [7, 11) is 0. The van der Waals surface area contributed by atoms with Crippen LogP contribution in [0.25, 0.3) is 0 Å². The van der Waals surface area contributed by atoms with Gasteiger partial charge in [-0.05, 0) is 70.6 Å². The van der Waals surface area contributed by atoms with Crippen molar-refractivity contribution >= 4 is 17.8 Å². The maximum Gasteiger partial charge on any atom is 0.312 e. The second-order valence-corrected chi connectivity index (χ2v) is 14.8. The Bertz CT molecular complexity index is 1020. The lowest BCUT2D eigenvalue weighted by Crippen LogP contribution is -2.61. The molecule has 0 aromatic heterocycles. The number of likely N-dealkylation sites (tertiary alicyclic amines) is 1. The highest BCUT2D eigenvalue weighted by molar-refractivity contribution is 5.98. The first kappa shape index (κ1) is 34.3. The van der Waals surface area contributed by atoms with Crippen LogP contribution >= 0.6 is 0 Å². The SMILES string of the molecule is C=CCCCOC(=O)[C@H]1[C@H]2C(=O)N(CCCCCCO)C(C(=O)N(CC=C)C(C)(C)CC(C)(C)C)C23CC(C)[C@]1(C)O3. The minimum atomic E-state index is -1.10. The van der Waals surface area contributed by atoms with Gasteiger partial charge in [-0.3, -0.25) is 14.4 Å². The number of aliphatic hydroxyl groups is 1. The molecule has 1 N–H and O–H groups in total. The minimum Gasteiger partial charge on any atom is -0.465 e.